The molecule has 6 bridgehead atoms. The maximum Gasteiger partial charge on any atom is 0.339 e. The first-order valence-electron chi connectivity index (χ1n) is 14.2. The van der Waals surface area contributed by atoms with Crippen molar-refractivity contribution < 1.29 is 28.6 Å². The zero-order chi connectivity index (χ0) is 24.5. The Hall–Kier alpha value is -2.37. The number of benzene rings is 1. The third-order valence-electron chi connectivity index (χ3n) is 10.7. The van der Waals surface area contributed by atoms with Crippen molar-refractivity contribution in [1.82, 2.24) is 0 Å². The monoisotopic (exact) mass is 492 g/mol. The molecule has 0 unspecified atom stereocenters. The van der Waals surface area contributed by atoms with E-state index in [9.17, 15) is 14.4 Å². The standard InChI is InChI=1S/C30H36O6/c31-25(34-28-9-3-19(16-28)4-10-28)22-1-2-23(26(32)35-29-11-5-20(17-29)6-12-29)24(15-22)27(33)36-30-13-7-21(18-30)8-14-30/h1-2,15,19-21H,3-14,16-18H2. The summed E-state index contributed by atoms with van der Waals surface area (Å²) in [5.41, 5.74) is -0.547. The lowest BCUT2D eigenvalue weighted by atomic mass is 9.96. The quantitative estimate of drug-likeness (QED) is 0.350. The van der Waals surface area contributed by atoms with Crippen molar-refractivity contribution in [3.05, 3.63) is 34.9 Å². The average molecular weight is 493 g/mol. The van der Waals surface area contributed by atoms with Crippen LogP contribution >= 0.6 is 0 Å². The maximum atomic E-state index is 13.6. The Labute approximate surface area is 212 Å². The van der Waals surface area contributed by atoms with E-state index < -0.39 is 29.1 Å². The zero-order valence-electron chi connectivity index (χ0n) is 21.0. The number of fused-ring (bicyclic) bond motifs is 6. The summed E-state index contributed by atoms with van der Waals surface area (Å²) < 4.78 is 18.2. The lowest BCUT2D eigenvalue weighted by molar-refractivity contribution is -0.0179. The van der Waals surface area contributed by atoms with Gasteiger partial charge in [-0.2, -0.15) is 0 Å². The summed E-state index contributed by atoms with van der Waals surface area (Å²) in [4.78, 5) is 40.2. The molecule has 7 rings (SSSR count). The molecule has 0 atom stereocenters. The Morgan fingerprint density at radius 3 is 1.33 bits per heavy atom. The third kappa shape index (κ3) is 3.78. The van der Waals surface area contributed by atoms with Gasteiger partial charge < -0.3 is 14.2 Å². The van der Waals surface area contributed by atoms with E-state index in [1.807, 2.05) is 0 Å². The first-order chi connectivity index (χ1) is 17.3. The van der Waals surface area contributed by atoms with Crippen LogP contribution in [-0.2, 0) is 14.2 Å². The van der Waals surface area contributed by atoms with Crippen LogP contribution in [0.3, 0.4) is 0 Å². The second kappa shape index (κ2) is 8.06. The summed E-state index contributed by atoms with van der Waals surface area (Å²) >= 11 is 0. The number of carbonyl (C=O) groups is 3. The Morgan fingerprint density at radius 1 is 0.556 bits per heavy atom. The first-order valence-corrected chi connectivity index (χ1v) is 14.2. The van der Waals surface area contributed by atoms with Gasteiger partial charge in [0.05, 0.1) is 16.7 Å². The molecular weight excluding hydrogens is 456 g/mol. The van der Waals surface area contributed by atoms with Crippen molar-refractivity contribution in [2.24, 2.45) is 17.8 Å². The molecule has 0 spiro atoms. The van der Waals surface area contributed by atoms with E-state index >= 15 is 0 Å². The van der Waals surface area contributed by atoms with E-state index in [4.69, 9.17) is 14.2 Å². The number of rotatable bonds is 6. The summed E-state index contributed by atoms with van der Waals surface area (Å²) in [6.45, 7) is 0. The van der Waals surface area contributed by atoms with Crippen LogP contribution < -0.4 is 0 Å². The summed E-state index contributed by atoms with van der Waals surface area (Å²) in [5, 5.41) is 0. The Bertz CT molecular complexity index is 1100. The molecule has 0 amide bonds. The van der Waals surface area contributed by atoms with Crippen LogP contribution in [0, 0.1) is 17.8 Å². The van der Waals surface area contributed by atoms with E-state index in [1.165, 1.54) is 6.07 Å². The maximum absolute atomic E-state index is 13.6. The lowest BCUT2D eigenvalue weighted by Gasteiger charge is -2.29. The highest BCUT2D eigenvalue weighted by atomic mass is 16.6. The molecule has 6 heteroatoms. The minimum atomic E-state index is -0.521. The molecule has 36 heavy (non-hydrogen) atoms. The van der Waals surface area contributed by atoms with Crippen molar-refractivity contribution in [2.75, 3.05) is 0 Å². The van der Waals surface area contributed by atoms with Crippen LogP contribution in [0.2, 0.25) is 0 Å². The van der Waals surface area contributed by atoms with Gasteiger partial charge in [-0.1, -0.05) is 0 Å². The van der Waals surface area contributed by atoms with Crippen molar-refractivity contribution in [3.63, 3.8) is 0 Å². The van der Waals surface area contributed by atoms with E-state index in [0.717, 1.165) is 96.3 Å². The number of hydrogen-bond acceptors (Lipinski definition) is 6. The molecule has 6 nitrogen and oxygen atoms in total. The first kappa shape index (κ1) is 22.8. The normalized spacial score (nSPS) is 39.5. The summed E-state index contributed by atoms with van der Waals surface area (Å²) in [7, 11) is 0. The van der Waals surface area contributed by atoms with Crippen LogP contribution in [-0.4, -0.2) is 34.7 Å². The minimum absolute atomic E-state index is 0.135. The molecule has 0 radical (unpaired) electrons. The highest BCUT2D eigenvalue weighted by Gasteiger charge is 2.50. The molecule has 6 saturated carbocycles. The highest BCUT2D eigenvalue weighted by molar-refractivity contribution is 6.05. The van der Waals surface area contributed by atoms with E-state index in [0.29, 0.717) is 23.3 Å². The van der Waals surface area contributed by atoms with Crippen LogP contribution in [0.5, 0.6) is 0 Å². The predicted molar refractivity (Wildman–Crippen MR) is 131 cm³/mol. The topological polar surface area (TPSA) is 78.9 Å². The molecule has 0 aliphatic heterocycles. The van der Waals surface area contributed by atoms with Gasteiger partial charge in [0, 0.05) is 0 Å². The Kier molecular flexibility index (Phi) is 5.11. The second-order valence-electron chi connectivity index (χ2n) is 12.9. The molecule has 6 fully saturated rings. The van der Waals surface area contributed by atoms with Gasteiger partial charge in [-0.05, 0) is 132 Å². The van der Waals surface area contributed by atoms with Gasteiger partial charge in [0.2, 0.25) is 0 Å². The largest absolute Gasteiger partial charge is 0.455 e. The van der Waals surface area contributed by atoms with Gasteiger partial charge in [-0.25, -0.2) is 14.4 Å². The summed E-state index contributed by atoms with van der Waals surface area (Å²) in [5.74, 6) is 0.506. The number of ether oxygens (including phenoxy) is 3. The molecule has 0 N–H and O–H groups in total. The van der Waals surface area contributed by atoms with Crippen molar-refractivity contribution in [1.29, 1.82) is 0 Å². The molecular formula is C30H36O6. The summed E-state index contributed by atoms with van der Waals surface area (Å²) in [6.07, 6.45) is 14.7. The van der Waals surface area contributed by atoms with Crippen molar-refractivity contribution in [2.45, 2.75) is 113 Å². The number of esters is 3. The zero-order valence-corrected chi connectivity index (χ0v) is 21.0. The highest BCUT2D eigenvalue weighted by Crippen LogP contribution is 2.52. The molecule has 6 aliphatic carbocycles. The Balaban J connectivity index is 1.17. The molecule has 0 heterocycles. The van der Waals surface area contributed by atoms with Crippen LogP contribution in [0.15, 0.2) is 18.2 Å². The summed E-state index contributed by atoms with van der Waals surface area (Å²) in [6, 6.07) is 4.69. The molecule has 1 aromatic carbocycles. The van der Waals surface area contributed by atoms with E-state index in [-0.39, 0.29) is 16.7 Å². The number of hydrogen-bond donors (Lipinski definition) is 0. The molecule has 6 aliphatic rings. The second-order valence-corrected chi connectivity index (χ2v) is 12.9. The fourth-order valence-electron chi connectivity index (χ4n) is 8.62. The van der Waals surface area contributed by atoms with E-state index in [1.54, 1.807) is 12.1 Å². The number of carbonyl (C=O) groups excluding carboxylic acids is 3. The van der Waals surface area contributed by atoms with Crippen molar-refractivity contribution >= 4 is 17.9 Å². The van der Waals surface area contributed by atoms with Gasteiger partial charge in [0.1, 0.15) is 16.8 Å². The minimum Gasteiger partial charge on any atom is -0.455 e. The van der Waals surface area contributed by atoms with Crippen LogP contribution in [0.4, 0.5) is 0 Å². The van der Waals surface area contributed by atoms with Crippen LogP contribution in [0.25, 0.3) is 0 Å². The van der Waals surface area contributed by atoms with Gasteiger partial charge in [-0.3, -0.25) is 0 Å². The fraction of sp³-hybridized carbons (Fsp3) is 0.700. The van der Waals surface area contributed by atoms with Gasteiger partial charge in [-0.15, -0.1) is 0 Å². The molecule has 192 valence electrons. The average Bonchev–Trinajstić information content (AvgIpc) is 3.72. The van der Waals surface area contributed by atoms with Crippen LogP contribution in [0.1, 0.15) is 127 Å². The molecule has 0 saturated heterocycles. The van der Waals surface area contributed by atoms with Crippen molar-refractivity contribution in [3.8, 4) is 0 Å². The smallest absolute Gasteiger partial charge is 0.339 e. The lowest BCUT2D eigenvalue weighted by Crippen LogP contribution is -2.33. The Morgan fingerprint density at radius 2 is 0.944 bits per heavy atom. The molecule has 1 aromatic rings. The van der Waals surface area contributed by atoms with Gasteiger partial charge in [0.25, 0.3) is 0 Å². The van der Waals surface area contributed by atoms with Gasteiger partial charge >= 0.3 is 17.9 Å². The van der Waals surface area contributed by atoms with E-state index in [2.05, 4.69) is 0 Å². The van der Waals surface area contributed by atoms with Gasteiger partial charge in [0.15, 0.2) is 0 Å². The third-order valence-corrected chi connectivity index (χ3v) is 10.7. The predicted octanol–water partition coefficient (Wildman–Crippen LogP) is 6.16. The SMILES string of the molecule is O=C(OC12CCC(CC1)C2)c1ccc(C(=O)OC23CCC(CC2)C3)c(C(=O)OC23CCC(CC2)C3)c1. The molecule has 0 aromatic heterocycles. The fourth-order valence-corrected chi connectivity index (χ4v) is 8.62.